The summed E-state index contributed by atoms with van der Waals surface area (Å²) in [5, 5.41) is 7.82. The van der Waals surface area contributed by atoms with Crippen molar-refractivity contribution < 1.29 is 4.79 Å². The van der Waals surface area contributed by atoms with Gasteiger partial charge in [-0.15, -0.1) is 10.2 Å². The minimum atomic E-state index is 0.230. The van der Waals surface area contributed by atoms with E-state index >= 15 is 0 Å². The van der Waals surface area contributed by atoms with Crippen molar-refractivity contribution in [2.24, 2.45) is 5.92 Å². The molecule has 140 valence electrons. The number of nitrogens with zero attached hydrogens (tertiary/aromatic N) is 6. The molecule has 0 unspecified atom stereocenters. The number of aryl methyl sites for hydroxylation is 1. The van der Waals surface area contributed by atoms with Crippen LogP contribution < -0.4 is 0 Å². The quantitative estimate of drug-likeness (QED) is 0.839. The number of carbonyl (C=O) groups is 1. The highest BCUT2D eigenvalue weighted by molar-refractivity contribution is 5.79. The zero-order chi connectivity index (χ0) is 18.1. The highest BCUT2D eigenvalue weighted by atomic mass is 16.2. The van der Waals surface area contributed by atoms with E-state index in [1.807, 2.05) is 4.68 Å². The van der Waals surface area contributed by atoms with Crippen LogP contribution in [0.25, 0.3) is 0 Å². The normalized spacial score (nSPS) is 19.4. The molecule has 2 aliphatic heterocycles. The van der Waals surface area contributed by atoms with E-state index in [2.05, 4.69) is 44.6 Å². The van der Waals surface area contributed by atoms with Crippen molar-refractivity contribution in [3.05, 3.63) is 35.7 Å². The van der Waals surface area contributed by atoms with E-state index < -0.39 is 0 Å². The van der Waals surface area contributed by atoms with Gasteiger partial charge in [0.25, 0.3) is 0 Å². The van der Waals surface area contributed by atoms with Crippen LogP contribution in [0.15, 0.2) is 18.7 Å². The number of piperidine rings is 1. The molecule has 0 N–H and O–H groups in total. The Morgan fingerprint density at radius 1 is 1.08 bits per heavy atom. The second kappa shape index (κ2) is 7.23. The SMILES string of the molecule is Cc1cc(CN2CCC(C(=O)N3CCCC3)CC2)c(C)n1-n1cnnc1. The molecular formula is C19H28N6O. The molecule has 4 heterocycles. The highest BCUT2D eigenvalue weighted by Crippen LogP contribution is 2.24. The summed E-state index contributed by atoms with van der Waals surface area (Å²) in [6.07, 6.45) is 7.76. The fourth-order valence-corrected chi connectivity index (χ4v) is 4.41. The van der Waals surface area contributed by atoms with Gasteiger partial charge in [-0.1, -0.05) is 0 Å². The van der Waals surface area contributed by atoms with Gasteiger partial charge in [0.2, 0.25) is 5.91 Å². The van der Waals surface area contributed by atoms with Gasteiger partial charge in [0, 0.05) is 36.9 Å². The van der Waals surface area contributed by atoms with Gasteiger partial charge in [-0.25, -0.2) is 4.68 Å². The zero-order valence-corrected chi connectivity index (χ0v) is 15.8. The summed E-state index contributed by atoms with van der Waals surface area (Å²) in [5.74, 6) is 0.627. The van der Waals surface area contributed by atoms with Gasteiger partial charge in [-0.05, 0) is 64.3 Å². The molecule has 2 fully saturated rings. The average molecular weight is 356 g/mol. The summed E-state index contributed by atoms with van der Waals surface area (Å²) in [5.41, 5.74) is 3.73. The van der Waals surface area contributed by atoms with Crippen molar-refractivity contribution in [2.75, 3.05) is 26.2 Å². The Labute approximate surface area is 154 Å². The van der Waals surface area contributed by atoms with Gasteiger partial charge >= 0.3 is 0 Å². The van der Waals surface area contributed by atoms with Crippen LogP contribution in [0.3, 0.4) is 0 Å². The van der Waals surface area contributed by atoms with E-state index in [4.69, 9.17) is 0 Å². The maximum absolute atomic E-state index is 12.6. The maximum atomic E-state index is 12.6. The van der Waals surface area contributed by atoms with Gasteiger partial charge < -0.3 is 4.90 Å². The van der Waals surface area contributed by atoms with Crippen molar-refractivity contribution in [1.29, 1.82) is 0 Å². The Hall–Kier alpha value is -2.15. The Kier molecular flexibility index (Phi) is 4.80. The van der Waals surface area contributed by atoms with Crippen molar-refractivity contribution in [1.82, 2.24) is 29.3 Å². The van der Waals surface area contributed by atoms with E-state index in [1.54, 1.807) is 12.7 Å². The first-order valence-corrected chi connectivity index (χ1v) is 9.67. The first kappa shape index (κ1) is 17.3. The van der Waals surface area contributed by atoms with Crippen LogP contribution in [0.1, 0.15) is 42.6 Å². The van der Waals surface area contributed by atoms with E-state index in [-0.39, 0.29) is 5.92 Å². The van der Waals surface area contributed by atoms with Crippen LogP contribution in [-0.2, 0) is 11.3 Å². The molecule has 4 rings (SSSR count). The van der Waals surface area contributed by atoms with Crippen LogP contribution in [0.2, 0.25) is 0 Å². The Bertz CT molecular complexity index is 751. The molecule has 0 saturated carbocycles. The molecule has 2 aromatic rings. The van der Waals surface area contributed by atoms with Gasteiger partial charge in [0.15, 0.2) is 0 Å². The molecule has 2 aliphatic rings. The fraction of sp³-hybridized carbons (Fsp3) is 0.632. The molecule has 0 aliphatic carbocycles. The Morgan fingerprint density at radius 2 is 1.73 bits per heavy atom. The summed E-state index contributed by atoms with van der Waals surface area (Å²) < 4.78 is 4.05. The minimum absolute atomic E-state index is 0.230. The van der Waals surface area contributed by atoms with Crippen LogP contribution in [-0.4, -0.2) is 61.4 Å². The molecule has 0 radical (unpaired) electrons. The van der Waals surface area contributed by atoms with Gasteiger partial charge in [0.1, 0.15) is 12.7 Å². The summed E-state index contributed by atoms with van der Waals surface area (Å²) in [4.78, 5) is 17.1. The number of hydrogen-bond donors (Lipinski definition) is 0. The molecule has 2 saturated heterocycles. The summed E-state index contributed by atoms with van der Waals surface area (Å²) in [7, 11) is 0. The first-order chi connectivity index (χ1) is 12.6. The van der Waals surface area contributed by atoms with Crippen LogP contribution in [0, 0.1) is 19.8 Å². The summed E-state index contributed by atoms with van der Waals surface area (Å²) >= 11 is 0. The van der Waals surface area contributed by atoms with Crippen molar-refractivity contribution >= 4 is 5.91 Å². The molecular weight excluding hydrogens is 328 g/mol. The van der Waals surface area contributed by atoms with E-state index in [0.717, 1.165) is 45.6 Å². The number of amides is 1. The second-order valence-corrected chi connectivity index (χ2v) is 7.63. The lowest BCUT2D eigenvalue weighted by Crippen LogP contribution is -2.41. The molecule has 1 amide bonds. The third-order valence-corrected chi connectivity index (χ3v) is 5.89. The highest BCUT2D eigenvalue weighted by Gasteiger charge is 2.30. The minimum Gasteiger partial charge on any atom is -0.342 e. The molecule has 7 nitrogen and oxygen atoms in total. The molecule has 0 spiro atoms. The van der Waals surface area contributed by atoms with Crippen molar-refractivity contribution in [3.63, 3.8) is 0 Å². The lowest BCUT2D eigenvalue weighted by molar-refractivity contribution is -0.136. The van der Waals surface area contributed by atoms with Crippen molar-refractivity contribution in [2.45, 2.75) is 46.1 Å². The summed E-state index contributed by atoms with van der Waals surface area (Å²) in [6, 6.07) is 2.25. The van der Waals surface area contributed by atoms with E-state index in [1.165, 1.54) is 29.8 Å². The third-order valence-electron chi connectivity index (χ3n) is 5.89. The molecule has 2 aromatic heterocycles. The largest absolute Gasteiger partial charge is 0.342 e. The van der Waals surface area contributed by atoms with Gasteiger partial charge in [-0.2, -0.15) is 0 Å². The number of aromatic nitrogens is 4. The lowest BCUT2D eigenvalue weighted by atomic mass is 9.95. The van der Waals surface area contributed by atoms with Crippen LogP contribution in [0.5, 0.6) is 0 Å². The second-order valence-electron chi connectivity index (χ2n) is 7.63. The molecule has 0 atom stereocenters. The predicted molar refractivity (Wildman–Crippen MR) is 98.5 cm³/mol. The third kappa shape index (κ3) is 3.28. The Balaban J connectivity index is 1.37. The molecule has 0 aromatic carbocycles. The summed E-state index contributed by atoms with van der Waals surface area (Å²) in [6.45, 7) is 9.12. The number of likely N-dealkylation sites (tertiary alicyclic amines) is 2. The van der Waals surface area contributed by atoms with Gasteiger partial charge in [0.05, 0.1) is 0 Å². The number of rotatable bonds is 4. The zero-order valence-electron chi connectivity index (χ0n) is 15.8. The standard InChI is InChI=1S/C19H28N6O/c1-15-11-18(16(2)25(15)24-13-20-21-14-24)12-22-9-5-17(6-10-22)19(26)23-7-3-4-8-23/h11,13-14,17H,3-10,12H2,1-2H3. The lowest BCUT2D eigenvalue weighted by Gasteiger charge is -2.33. The number of hydrogen-bond acceptors (Lipinski definition) is 4. The first-order valence-electron chi connectivity index (χ1n) is 9.67. The smallest absolute Gasteiger partial charge is 0.225 e. The Morgan fingerprint density at radius 3 is 2.38 bits per heavy atom. The fourth-order valence-electron chi connectivity index (χ4n) is 4.41. The predicted octanol–water partition coefficient (Wildman–Crippen LogP) is 1.84. The van der Waals surface area contributed by atoms with Crippen LogP contribution >= 0.6 is 0 Å². The van der Waals surface area contributed by atoms with E-state index in [0.29, 0.717) is 5.91 Å². The molecule has 7 heteroatoms. The topological polar surface area (TPSA) is 59.2 Å². The van der Waals surface area contributed by atoms with Crippen LogP contribution in [0.4, 0.5) is 0 Å². The molecule has 26 heavy (non-hydrogen) atoms. The monoisotopic (exact) mass is 356 g/mol. The molecule has 0 bridgehead atoms. The number of carbonyl (C=O) groups excluding carboxylic acids is 1. The average Bonchev–Trinajstić information content (AvgIpc) is 3.38. The van der Waals surface area contributed by atoms with Crippen molar-refractivity contribution in [3.8, 4) is 0 Å². The maximum Gasteiger partial charge on any atom is 0.225 e. The van der Waals surface area contributed by atoms with Gasteiger partial charge in [-0.3, -0.25) is 14.4 Å². The van der Waals surface area contributed by atoms with E-state index in [9.17, 15) is 4.79 Å².